The second-order valence-electron chi connectivity index (χ2n) is 9.93. The van der Waals surface area contributed by atoms with Crippen LogP contribution < -0.4 is 10.1 Å². The van der Waals surface area contributed by atoms with Crippen LogP contribution in [0, 0.1) is 13.8 Å². The standard InChI is InChI=1S/C31H35ClN4O4/c1-6-39-31(38)18-27(22-9-13-25(14-10-22)40-19(2)3)34-30(37)16-15-26-20(4)33-29-17-28(35-36(29)21(26)5)23-7-11-24(32)12-8-23/h7-14,17,19,27H,6,15-16,18H2,1-5H3,(H,34,37)/t27-/m1/s1. The minimum absolute atomic E-state index is 0.0380. The van der Waals surface area contributed by atoms with Crippen molar-refractivity contribution in [3.05, 3.63) is 82.1 Å². The zero-order valence-corrected chi connectivity index (χ0v) is 24.3. The monoisotopic (exact) mass is 562 g/mol. The Kier molecular flexibility index (Phi) is 9.42. The highest BCUT2D eigenvalue weighted by Gasteiger charge is 2.21. The van der Waals surface area contributed by atoms with Gasteiger partial charge in [-0.05, 0) is 76.4 Å². The molecule has 2 heterocycles. The number of carbonyl (C=O) groups is 2. The number of ether oxygens (including phenoxy) is 2. The molecule has 0 saturated carbocycles. The number of benzene rings is 2. The van der Waals surface area contributed by atoms with Gasteiger partial charge in [-0.2, -0.15) is 5.10 Å². The molecule has 8 nitrogen and oxygen atoms in total. The van der Waals surface area contributed by atoms with Gasteiger partial charge in [0.1, 0.15) is 5.75 Å². The molecule has 2 aromatic carbocycles. The molecule has 9 heteroatoms. The first-order valence-electron chi connectivity index (χ1n) is 13.5. The Morgan fingerprint density at radius 1 is 1.05 bits per heavy atom. The van der Waals surface area contributed by atoms with Crippen LogP contribution in [0.5, 0.6) is 5.75 Å². The average molecular weight is 563 g/mol. The number of amides is 1. The van der Waals surface area contributed by atoms with Crippen molar-refractivity contribution in [1.82, 2.24) is 19.9 Å². The summed E-state index contributed by atoms with van der Waals surface area (Å²) in [5, 5.41) is 8.44. The normalized spacial score (nSPS) is 12.0. The SMILES string of the molecule is CCOC(=O)C[C@@H](NC(=O)CCc1c(C)nc2cc(-c3ccc(Cl)cc3)nn2c1C)c1ccc(OC(C)C)cc1. The number of hydrogen-bond donors (Lipinski definition) is 1. The van der Waals surface area contributed by atoms with E-state index in [-0.39, 0.29) is 37.4 Å². The van der Waals surface area contributed by atoms with Gasteiger partial charge in [-0.1, -0.05) is 35.9 Å². The van der Waals surface area contributed by atoms with Gasteiger partial charge in [0.25, 0.3) is 0 Å². The highest BCUT2D eigenvalue weighted by molar-refractivity contribution is 6.30. The number of nitrogens with one attached hydrogen (secondary N) is 1. The van der Waals surface area contributed by atoms with Gasteiger partial charge in [-0.25, -0.2) is 9.50 Å². The van der Waals surface area contributed by atoms with Crippen LogP contribution in [0.15, 0.2) is 54.6 Å². The lowest BCUT2D eigenvalue weighted by molar-refractivity contribution is -0.143. The van der Waals surface area contributed by atoms with E-state index in [2.05, 4.69) is 5.32 Å². The number of fused-ring (bicyclic) bond motifs is 1. The van der Waals surface area contributed by atoms with E-state index in [1.165, 1.54) is 0 Å². The predicted octanol–water partition coefficient (Wildman–Crippen LogP) is 6.20. The highest BCUT2D eigenvalue weighted by Crippen LogP contribution is 2.25. The maximum Gasteiger partial charge on any atom is 0.308 e. The van der Waals surface area contributed by atoms with Gasteiger partial charge in [0, 0.05) is 34.5 Å². The molecule has 0 aliphatic heterocycles. The summed E-state index contributed by atoms with van der Waals surface area (Å²) >= 11 is 6.03. The van der Waals surface area contributed by atoms with Crippen molar-refractivity contribution in [2.75, 3.05) is 6.61 Å². The molecular weight excluding hydrogens is 528 g/mol. The van der Waals surface area contributed by atoms with Crippen LogP contribution in [0.3, 0.4) is 0 Å². The smallest absolute Gasteiger partial charge is 0.308 e. The topological polar surface area (TPSA) is 94.8 Å². The molecule has 4 rings (SSSR count). The summed E-state index contributed by atoms with van der Waals surface area (Å²) in [4.78, 5) is 30.2. The fraction of sp³-hybridized carbons (Fsp3) is 0.355. The largest absolute Gasteiger partial charge is 0.491 e. The molecule has 0 unspecified atom stereocenters. The Balaban J connectivity index is 1.49. The van der Waals surface area contributed by atoms with Crippen molar-refractivity contribution >= 4 is 29.1 Å². The molecule has 210 valence electrons. The van der Waals surface area contributed by atoms with Gasteiger partial charge in [-0.3, -0.25) is 9.59 Å². The molecule has 1 atom stereocenters. The third-order valence-electron chi connectivity index (χ3n) is 6.57. The molecule has 0 spiro atoms. The van der Waals surface area contributed by atoms with Crippen LogP contribution in [0.2, 0.25) is 5.02 Å². The molecule has 0 aliphatic rings. The van der Waals surface area contributed by atoms with E-state index in [1.54, 1.807) is 6.92 Å². The van der Waals surface area contributed by atoms with E-state index in [4.69, 9.17) is 31.2 Å². The van der Waals surface area contributed by atoms with E-state index < -0.39 is 6.04 Å². The maximum atomic E-state index is 13.1. The molecule has 2 aromatic heterocycles. The quantitative estimate of drug-likeness (QED) is 0.219. The van der Waals surface area contributed by atoms with Crippen molar-refractivity contribution < 1.29 is 19.1 Å². The van der Waals surface area contributed by atoms with Crippen molar-refractivity contribution in [3.63, 3.8) is 0 Å². The lowest BCUT2D eigenvalue weighted by Gasteiger charge is -2.20. The van der Waals surface area contributed by atoms with Crippen LogP contribution in [-0.2, 0) is 20.7 Å². The Morgan fingerprint density at radius 3 is 2.40 bits per heavy atom. The molecule has 0 aliphatic carbocycles. The summed E-state index contributed by atoms with van der Waals surface area (Å²) in [7, 11) is 0. The summed E-state index contributed by atoms with van der Waals surface area (Å²) < 4.78 is 12.7. The minimum Gasteiger partial charge on any atom is -0.491 e. The average Bonchev–Trinajstić information content (AvgIpc) is 3.33. The number of halogens is 1. The van der Waals surface area contributed by atoms with Crippen LogP contribution >= 0.6 is 11.6 Å². The third kappa shape index (κ3) is 7.18. The molecule has 0 fully saturated rings. The number of aromatic nitrogens is 3. The van der Waals surface area contributed by atoms with Gasteiger partial charge < -0.3 is 14.8 Å². The van der Waals surface area contributed by atoms with E-state index in [0.717, 1.165) is 45.2 Å². The van der Waals surface area contributed by atoms with E-state index in [9.17, 15) is 9.59 Å². The summed E-state index contributed by atoms with van der Waals surface area (Å²) in [5.41, 5.74) is 6.04. The third-order valence-corrected chi connectivity index (χ3v) is 6.82. The fourth-order valence-corrected chi connectivity index (χ4v) is 4.77. The highest BCUT2D eigenvalue weighted by atomic mass is 35.5. The number of rotatable bonds is 11. The first-order valence-corrected chi connectivity index (χ1v) is 13.9. The van der Waals surface area contributed by atoms with E-state index in [0.29, 0.717) is 11.4 Å². The van der Waals surface area contributed by atoms with Gasteiger partial charge in [0.2, 0.25) is 5.91 Å². The maximum absolute atomic E-state index is 13.1. The molecular formula is C31H35ClN4O4. The summed E-state index contributed by atoms with van der Waals surface area (Å²) in [6.07, 6.45) is 0.799. The van der Waals surface area contributed by atoms with Crippen LogP contribution in [0.25, 0.3) is 16.9 Å². The summed E-state index contributed by atoms with van der Waals surface area (Å²) in [6.45, 7) is 9.88. The van der Waals surface area contributed by atoms with Gasteiger partial charge in [0.05, 0.1) is 30.9 Å². The van der Waals surface area contributed by atoms with E-state index in [1.807, 2.05) is 86.8 Å². The Bertz CT molecular complexity index is 1480. The lowest BCUT2D eigenvalue weighted by atomic mass is 10.0. The fourth-order valence-electron chi connectivity index (χ4n) is 4.64. The van der Waals surface area contributed by atoms with Crippen molar-refractivity contribution in [2.45, 2.75) is 66.0 Å². The van der Waals surface area contributed by atoms with E-state index >= 15 is 0 Å². The van der Waals surface area contributed by atoms with Crippen molar-refractivity contribution in [3.8, 4) is 17.0 Å². The Labute approximate surface area is 239 Å². The number of hydrogen-bond acceptors (Lipinski definition) is 6. The number of aryl methyl sites for hydroxylation is 2. The molecule has 1 N–H and O–H groups in total. The minimum atomic E-state index is -0.518. The zero-order chi connectivity index (χ0) is 28.8. The molecule has 0 radical (unpaired) electrons. The van der Waals surface area contributed by atoms with Gasteiger partial charge >= 0.3 is 5.97 Å². The zero-order valence-electron chi connectivity index (χ0n) is 23.5. The second kappa shape index (κ2) is 13.0. The first kappa shape index (κ1) is 29.1. The second-order valence-corrected chi connectivity index (χ2v) is 10.4. The molecule has 0 saturated heterocycles. The first-order chi connectivity index (χ1) is 19.1. The Morgan fingerprint density at radius 2 is 1.75 bits per heavy atom. The van der Waals surface area contributed by atoms with Crippen LogP contribution in [0.1, 0.15) is 62.2 Å². The summed E-state index contributed by atoms with van der Waals surface area (Å²) in [5.74, 6) is 0.191. The lowest BCUT2D eigenvalue weighted by Crippen LogP contribution is -2.31. The number of esters is 1. The van der Waals surface area contributed by atoms with Gasteiger partial charge in [0.15, 0.2) is 5.65 Å². The van der Waals surface area contributed by atoms with Crippen LogP contribution in [-0.4, -0.2) is 39.2 Å². The molecule has 1 amide bonds. The molecule has 0 bridgehead atoms. The summed E-state index contributed by atoms with van der Waals surface area (Å²) in [6, 6.07) is 16.4. The predicted molar refractivity (Wildman–Crippen MR) is 156 cm³/mol. The molecule has 40 heavy (non-hydrogen) atoms. The van der Waals surface area contributed by atoms with Crippen molar-refractivity contribution in [1.29, 1.82) is 0 Å². The van der Waals surface area contributed by atoms with Gasteiger partial charge in [-0.15, -0.1) is 0 Å². The molecule has 4 aromatic rings. The Hall–Kier alpha value is -3.91. The van der Waals surface area contributed by atoms with Crippen LogP contribution in [0.4, 0.5) is 0 Å². The number of nitrogens with zero attached hydrogens (tertiary/aromatic N) is 3. The number of carbonyl (C=O) groups excluding carboxylic acids is 2. The van der Waals surface area contributed by atoms with Crippen molar-refractivity contribution in [2.24, 2.45) is 0 Å².